The van der Waals surface area contributed by atoms with Crippen LogP contribution in [0.25, 0.3) is 5.57 Å². The average molecular weight is 353 g/mol. The van der Waals surface area contributed by atoms with Gasteiger partial charge in [0.1, 0.15) is 18.0 Å². The number of phenolic OH excluding ortho intramolecular Hbond substituents is 1. The summed E-state index contributed by atoms with van der Waals surface area (Å²) in [6.45, 7) is -0.0789. The Bertz CT molecular complexity index is 864. The zero-order chi connectivity index (χ0) is 17.1. The van der Waals surface area contributed by atoms with Gasteiger partial charge in [0, 0.05) is 18.2 Å². The summed E-state index contributed by atoms with van der Waals surface area (Å²) in [6.07, 6.45) is 4.24. The lowest BCUT2D eigenvalue weighted by Gasteiger charge is -2.18. The van der Waals surface area contributed by atoms with Crippen LogP contribution in [-0.2, 0) is 15.0 Å². The van der Waals surface area contributed by atoms with Gasteiger partial charge in [-0.2, -0.15) is 8.42 Å². The summed E-state index contributed by atoms with van der Waals surface area (Å²) in [4.78, 5) is 11.4. The molecule has 2 fully saturated rings. The second-order valence-electron chi connectivity index (χ2n) is 6.27. The quantitative estimate of drug-likeness (QED) is 0.734. The van der Waals surface area contributed by atoms with Crippen molar-refractivity contribution in [3.05, 3.63) is 29.6 Å². The van der Waals surface area contributed by atoms with Gasteiger partial charge in [0.15, 0.2) is 5.82 Å². The number of hydrogen-bond acceptors (Lipinski definition) is 5. The minimum Gasteiger partial charge on any atom is -0.506 e. The van der Waals surface area contributed by atoms with Crippen LogP contribution in [0.15, 0.2) is 18.2 Å². The monoisotopic (exact) mass is 353 g/mol. The smallest absolute Gasteiger partial charge is 0.326 e. The molecule has 2 heterocycles. The molecule has 2 aliphatic heterocycles. The number of benzene rings is 1. The first-order valence-electron chi connectivity index (χ1n) is 7.66. The van der Waals surface area contributed by atoms with Crippen molar-refractivity contribution in [2.45, 2.75) is 18.9 Å². The Kier molecular flexibility index (Phi) is 3.33. The van der Waals surface area contributed by atoms with Gasteiger partial charge in [0.25, 0.3) is 5.91 Å². The van der Waals surface area contributed by atoms with Gasteiger partial charge in [-0.05, 0) is 36.5 Å². The molecule has 0 aromatic heterocycles. The number of rotatable bonds is 3. The van der Waals surface area contributed by atoms with Crippen LogP contribution in [0.1, 0.15) is 18.4 Å². The second kappa shape index (κ2) is 5.18. The number of hydrogen-bond donors (Lipinski definition) is 3. The molecule has 4 rings (SSSR count). The molecule has 9 heteroatoms. The normalized spacial score (nSPS) is 25.7. The number of phenols is 1. The Hall–Kier alpha value is -2.13. The van der Waals surface area contributed by atoms with Crippen molar-refractivity contribution in [1.82, 2.24) is 10.0 Å². The predicted octanol–water partition coefficient (Wildman–Crippen LogP) is 0.477. The van der Waals surface area contributed by atoms with Crippen molar-refractivity contribution >= 4 is 27.4 Å². The standard InChI is InChI=1S/C15H16FN3O4S/c16-14-10(9-5-11(17-6-9)8-1-2-8)3-4-12(20)15(14)19-7-13(21)18-24(19,22)23/h3-5,8,11,17,20H,1-2,6-7H2,(H,18,21). The van der Waals surface area contributed by atoms with Gasteiger partial charge < -0.3 is 10.4 Å². The second-order valence-corrected chi connectivity index (χ2v) is 7.86. The minimum atomic E-state index is -4.19. The highest BCUT2D eigenvalue weighted by molar-refractivity contribution is 7.92. The van der Waals surface area contributed by atoms with Crippen LogP contribution < -0.4 is 14.3 Å². The van der Waals surface area contributed by atoms with E-state index in [0.717, 1.165) is 18.4 Å². The Morgan fingerprint density at radius 1 is 1.29 bits per heavy atom. The summed E-state index contributed by atoms with van der Waals surface area (Å²) >= 11 is 0. The molecule has 128 valence electrons. The molecular weight excluding hydrogens is 337 g/mol. The maximum Gasteiger partial charge on any atom is 0.326 e. The summed E-state index contributed by atoms with van der Waals surface area (Å²) in [7, 11) is -4.19. The number of anilines is 1. The summed E-state index contributed by atoms with van der Waals surface area (Å²) in [6, 6.07) is 2.88. The van der Waals surface area contributed by atoms with Crippen molar-refractivity contribution in [3.63, 3.8) is 0 Å². The Morgan fingerprint density at radius 2 is 2.04 bits per heavy atom. The van der Waals surface area contributed by atoms with Crippen molar-refractivity contribution in [2.75, 3.05) is 17.4 Å². The lowest BCUT2D eigenvalue weighted by molar-refractivity contribution is -0.117. The summed E-state index contributed by atoms with van der Waals surface area (Å²) in [5.74, 6) is -1.57. The molecule has 1 aromatic rings. The van der Waals surface area contributed by atoms with E-state index in [2.05, 4.69) is 5.32 Å². The lowest BCUT2D eigenvalue weighted by Crippen LogP contribution is -2.30. The van der Waals surface area contributed by atoms with E-state index in [0.29, 0.717) is 16.8 Å². The van der Waals surface area contributed by atoms with E-state index in [1.165, 1.54) is 12.1 Å². The van der Waals surface area contributed by atoms with Gasteiger partial charge in [0.2, 0.25) is 0 Å². The van der Waals surface area contributed by atoms with Crippen molar-refractivity contribution in [2.24, 2.45) is 5.92 Å². The van der Waals surface area contributed by atoms with E-state index in [1.807, 2.05) is 6.08 Å². The molecule has 3 N–H and O–H groups in total. The van der Waals surface area contributed by atoms with Crippen LogP contribution in [0, 0.1) is 11.7 Å². The fraction of sp³-hybridized carbons (Fsp3) is 0.400. The average Bonchev–Trinajstić information content (AvgIpc) is 3.17. The minimum absolute atomic E-state index is 0.204. The number of carbonyl (C=O) groups excluding carboxylic acids is 1. The van der Waals surface area contributed by atoms with Crippen LogP contribution in [0.2, 0.25) is 0 Å². The molecule has 0 spiro atoms. The molecule has 1 amide bonds. The fourth-order valence-corrected chi connectivity index (χ4v) is 4.35. The van der Waals surface area contributed by atoms with Gasteiger partial charge >= 0.3 is 10.2 Å². The number of nitrogens with one attached hydrogen (secondary N) is 2. The topological polar surface area (TPSA) is 98.7 Å². The Balaban J connectivity index is 1.76. The maximum atomic E-state index is 15.0. The van der Waals surface area contributed by atoms with Crippen LogP contribution in [0.5, 0.6) is 5.75 Å². The summed E-state index contributed by atoms with van der Waals surface area (Å²) in [5.41, 5.74) is 0.455. The van der Waals surface area contributed by atoms with Crippen LogP contribution in [-0.4, -0.2) is 38.6 Å². The van der Waals surface area contributed by atoms with Gasteiger partial charge in [-0.1, -0.05) is 6.08 Å². The van der Waals surface area contributed by atoms with Crippen LogP contribution >= 0.6 is 0 Å². The molecule has 1 saturated carbocycles. The highest BCUT2D eigenvalue weighted by Crippen LogP contribution is 2.40. The van der Waals surface area contributed by atoms with Crippen LogP contribution in [0.4, 0.5) is 10.1 Å². The van der Waals surface area contributed by atoms with Gasteiger partial charge in [-0.25, -0.2) is 13.4 Å². The fourth-order valence-electron chi connectivity index (χ4n) is 3.19. The first-order chi connectivity index (χ1) is 11.4. The number of carbonyl (C=O) groups is 1. The zero-order valence-corrected chi connectivity index (χ0v) is 13.4. The highest BCUT2D eigenvalue weighted by atomic mass is 32.2. The molecule has 1 atom stereocenters. The first-order valence-corrected chi connectivity index (χ1v) is 9.10. The van der Waals surface area contributed by atoms with Crippen molar-refractivity contribution < 1.29 is 22.7 Å². The Morgan fingerprint density at radius 3 is 2.67 bits per heavy atom. The van der Waals surface area contributed by atoms with Crippen molar-refractivity contribution in [1.29, 1.82) is 0 Å². The van der Waals surface area contributed by atoms with Gasteiger partial charge in [-0.15, -0.1) is 0 Å². The highest BCUT2D eigenvalue weighted by Gasteiger charge is 2.39. The lowest BCUT2D eigenvalue weighted by atomic mass is 10.0. The predicted molar refractivity (Wildman–Crippen MR) is 85.0 cm³/mol. The molecule has 7 nitrogen and oxygen atoms in total. The largest absolute Gasteiger partial charge is 0.506 e. The summed E-state index contributed by atoms with van der Waals surface area (Å²) in [5, 5.41) is 13.3. The molecule has 3 aliphatic rings. The first kappa shape index (κ1) is 15.4. The van der Waals surface area contributed by atoms with E-state index in [9.17, 15) is 22.7 Å². The van der Waals surface area contributed by atoms with E-state index < -0.39 is 39.9 Å². The van der Waals surface area contributed by atoms with E-state index in [-0.39, 0.29) is 11.6 Å². The third-order valence-electron chi connectivity index (χ3n) is 4.55. The molecule has 24 heavy (non-hydrogen) atoms. The number of amides is 1. The third-order valence-corrected chi connectivity index (χ3v) is 5.93. The zero-order valence-electron chi connectivity index (χ0n) is 12.6. The molecular formula is C15H16FN3O4S. The van der Waals surface area contributed by atoms with E-state index >= 15 is 0 Å². The third kappa shape index (κ3) is 2.44. The SMILES string of the molecule is O=C1CN(c2c(O)ccc(C3=CC(C4CC4)NC3)c2F)S(=O)(=O)N1. The maximum absolute atomic E-state index is 15.0. The molecule has 1 aromatic carbocycles. The molecule has 1 saturated heterocycles. The van der Waals surface area contributed by atoms with Crippen molar-refractivity contribution in [3.8, 4) is 5.75 Å². The molecule has 1 aliphatic carbocycles. The molecule has 0 radical (unpaired) electrons. The molecule has 0 bridgehead atoms. The number of aromatic hydroxyl groups is 1. The number of halogens is 1. The van der Waals surface area contributed by atoms with Crippen LogP contribution in [0.3, 0.4) is 0 Å². The summed E-state index contributed by atoms with van der Waals surface area (Å²) < 4.78 is 41.2. The Labute approximate surface area is 138 Å². The molecule has 1 unspecified atom stereocenters. The van der Waals surface area contributed by atoms with E-state index in [1.54, 1.807) is 4.72 Å². The van der Waals surface area contributed by atoms with E-state index in [4.69, 9.17) is 0 Å². The van der Waals surface area contributed by atoms with Gasteiger partial charge in [-0.3, -0.25) is 4.79 Å². The van der Waals surface area contributed by atoms with Gasteiger partial charge in [0.05, 0.1) is 0 Å². The number of nitrogens with zero attached hydrogens (tertiary/aromatic N) is 1.